The molecule has 22 heavy (non-hydrogen) atoms. The number of ether oxygens (including phenoxy) is 1. The van der Waals surface area contributed by atoms with Crippen LogP contribution in [0.2, 0.25) is 0 Å². The van der Waals surface area contributed by atoms with Crippen LogP contribution in [0.25, 0.3) is 0 Å². The maximum atomic E-state index is 11.8. The van der Waals surface area contributed by atoms with Crippen molar-refractivity contribution in [1.82, 2.24) is 20.9 Å². The molecule has 0 aliphatic carbocycles. The Kier molecular flexibility index (Phi) is 6.62. The zero-order valence-electron chi connectivity index (χ0n) is 13.9. The van der Waals surface area contributed by atoms with E-state index < -0.39 is 0 Å². The van der Waals surface area contributed by atoms with E-state index in [-0.39, 0.29) is 18.0 Å². The summed E-state index contributed by atoms with van der Waals surface area (Å²) >= 11 is 0. The molecule has 0 spiro atoms. The summed E-state index contributed by atoms with van der Waals surface area (Å²) in [6.45, 7) is 6.45. The Balaban J connectivity index is 2.44. The van der Waals surface area contributed by atoms with E-state index in [9.17, 15) is 4.79 Å². The van der Waals surface area contributed by atoms with Crippen molar-refractivity contribution in [3.63, 3.8) is 0 Å². The lowest BCUT2D eigenvalue weighted by Gasteiger charge is -2.21. The number of aromatic nitrogens is 1. The van der Waals surface area contributed by atoms with E-state index in [1.165, 1.54) is 0 Å². The second-order valence-corrected chi connectivity index (χ2v) is 5.75. The number of hydrogen-bond acceptors (Lipinski definition) is 4. The topological polar surface area (TPSA) is 87.6 Å². The van der Waals surface area contributed by atoms with Crippen molar-refractivity contribution in [3.8, 4) is 5.88 Å². The fourth-order valence-corrected chi connectivity index (χ4v) is 1.69. The van der Waals surface area contributed by atoms with Crippen LogP contribution in [0.1, 0.15) is 26.5 Å². The van der Waals surface area contributed by atoms with Gasteiger partial charge >= 0.3 is 0 Å². The smallest absolute Gasteiger partial charge is 0.239 e. The molecular formula is C15H25N5O2. The summed E-state index contributed by atoms with van der Waals surface area (Å²) in [5, 5.41) is 8.93. The lowest BCUT2D eigenvalue weighted by Crippen LogP contribution is -2.48. The van der Waals surface area contributed by atoms with Crippen LogP contribution in [0.4, 0.5) is 0 Å². The van der Waals surface area contributed by atoms with Gasteiger partial charge in [0.2, 0.25) is 11.8 Å². The maximum Gasteiger partial charge on any atom is 0.239 e. The molecule has 0 aromatic carbocycles. The first-order valence-corrected chi connectivity index (χ1v) is 7.09. The molecule has 1 amide bonds. The third-order valence-electron chi connectivity index (χ3n) is 2.58. The number of carbonyl (C=O) groups is 1. The molecule has 0 aliphatic rings. The molecule has 1 heterocycles. The number of carbonyl (C=O) groups excluding carboxylic acids is 1. The van der Waals surface area contributed by atoms with Gasteiger partial charge in [-0.3, -0.25) is 9.79 Å². The molecule has 1 aromatic heterocycles. The highest BCUT2D eigenvalue weighted by molar-refractivity contribution is 5.86. The van der Waals surface area contributed by atoms with Gasteiger partial charge in [0, 0.05) is 18.7 Å². The molecule has 0 unspecified atom stereocenters. The molecule has 7 nitrogen and oxygen atoms in total. The van der Waals surface area contributed by atoms with Crippen LogP contribution in [0.3, 0.4) is 0 Å². The molecular weight excluding hydrogens is 282 g/mol. The maximum absolute atomic E-state index is 11.8. The fourth-order valence-electron chi connectivity index (χ4n) is 1.69. The molecule has 0 saturated carbocycles. The second-order valence-electron chi connectivity index (χ2n) is 5.75. The monoisotopic (exact) mass is 307 g/mol. The van der Waals surface area contributed by atoms with E-state index in [4.69, 9.17) is 4.74 Å². The number of aliphatic imine (C=N–C) groups is 1. The Morgan fingerprint density at radius 2 is 2.05 bits per heavy atom. The average molecular weight is 307 g/mol. The first kappa shape index (κ1) is 17.7. The highest BCUT2D eigenvalue weighted by Crippen LogP contribution is 2.05. The van der Waals surface area contributed by atoms with Crippen LogP contribution >= 0.6 is 0 Å². The van der Waals surface area contributed by atoms with Crippen LogP contribution in [0, 0.1) is 0 Å². The minimum Gasteiger partial charge on any atom is -0.481 e. The van der Waals surface area contributed by atoms with Crippen molar-refractivity contribution < 1.29 is 9.53 Å². The van der Waals surface area contributed by atoms with Gasteiger partial charge < -0.3 is 20.7 Å². The second kappa shape index (κ2) is 8.21. The van der Waals surface area contributed by atoms with Gasteiger partial charge in [0.1, 0.15) is 0 Å². The number of nitrogens with zero attached hydrogens (tertiary/aromatic N) is 2. The standard InChI is InChI=1S/C15H25N5O2/c1-15(2,3)20-12(21)10-18-14(16-4)17-9-11-7-6-8-13(19-11)22-5/h6-8H,9-10H2,1-5H3,(H,20,21)(H2,16,17,18). The van der Waals surface area contributed by atoms with Gasteiger partial charge in [-0.1, -0.05) is 6.07 Å². The predicted octanol–water partition coefficient (Wildman–Crippen LogP) is 0.670. The first-order valence-electron chi connectivity index (χ1n) is 7.09. The van der Waals surface area contributed by atoms with Gasteiger partial charge in [-0.2, -0.15) is 0 Å². The lowest BCUT2D eigenvalue weighted by molar-refractivity contribution is -0.121. The van der Waals surface area contributed by atoms with Crippen LogP contribution in [0.15, 0.2) is 23.2 Å². The molecule has 1 rings (SSSR count). The Bertz CT molecular complexity index is 523. The largest absolute Gasteiger partial charge is 0.481 e. The quantitative estimate of drug-likeness (QED) is 0.550. The first-order chi connectivity index (χ1) is 10.3. The summed E-state index contributed by atoms with van der Waals surface area (Å²) in [4.78, 5) is 20.1. The van der Waals surface area contributed by atoms with Crippen molar-refractivity contribution in [3.05, 3.63) is 23.9 Å². The third-order valence-corrected chi connectivity index (χ3v) is 2.58. The number of methoxy groups -OCH3 is 1. The zero-order chi connectivity index (χ0) is 16.6. The summed E-state index contributed by atoms with van der Waals surface area (Å²) in [5.74, 6) is 1.01. The van der Waals surface area contributed by atoms with E-state index in [1.807, 2.05) is 32.9 Å². The van der Waals surface area contributed by atoms with E-state index in [0.717, 1.165) is 5.69 Å². The van der Waals surface area contributed by atoms with Gasteiger partial charge in [-0.05, 0) is 26.8 Å². The number of amides is 1. The van der Waals surface area contributed by atoms with Crippen LogP contribution < -0.4 is 20.7 Å². The number of rotatable bonds is 5. The summed E-state index contributed by atoms with van der Waals surface area (Å²) in [6.07, 6.45) is 0. The van der Waals surface area contributed by atoms with E-state index in [2.05, 4.69) is 25.9 Å². The predicted molar refractivity (Wildman–Crippen MR) is 86.9 cm³/mol. The summed E-state index contributed by atoms with van der Waals surface area (Å²) in [5.41, 5.74) is 0.571. The molecule has 1 aromatic rings. The molecule has 122 valence electrons. The van der Waals surface area contributed by atoms with Gasteiger partial charge in [0.05, 0.1) is 25.9 Å². The average Bonchev–Trinajstić information content (AvgIpc) is 2.46. The molecule has 7 heteroatoms. The van der Waals surface area contributed by atoms with Crippen molar-refractivity contribution in [1.29, 1.82) is 0 Å². The van der Waals surface area contributed by atoms with Gasteiger partial charge in [0.15, 0.2) is 5.96 Å². The van der Waals surface area contributed by atoms with E-state index in [0.29, 0.717) is 18.4 Å². The summed E-state index contributed by atoms with van der Waals surface area (Å²) in [6, 6.07) is 5.54. The van der Waals surface area contributed by atoms with Crippen molar-refractivity contribution in [2.45, 2.75) is 32.9 Å². The molecule has 0 atom stereocenters. The van der Waals surface area contributed by atoms with Crippen molar-refractivity contribution in [2.75, 3.05) is 20.7 Å². The third kappa shape index (κ3) is 6.92. The molecule has 0 saturated heterocycles. The number of nitrogens with one attached hydrogen (secondary N) is 3. The van der Waals surface area contributed by atoms with Crippen molar-refractivity contribution in [2.24, 2.45) is 4.99 Å². The highest BCUT2D eigenvalue weighted by atomic mass is 16.5. The summed E-state index contributed by atoms with van der Waals surface area (Å²) < 4.78 is 5.08. The van der Waals surface area contributed by atoms with Crippen LogP contribution in [0.5, 0.6) is 5.88 Å². The molecule has 0 bridgehead atoms. The van der Waals surface area contributed by atoms with Gasteiger partial charge in [0.25, 0.3) is 0 Å². The van der Waals surface area contributed by atoms with Gasteiger partial charge in [-0.15, -0.1) is 0 Å². The number of pyridine rings is 1. The SMILES string of the molecule is CN=C(NCC(=O)NC(C)(C)C)NCc1cccc(OC)n1. The molecule has 3 N–H and O–H groups in total. The van der Waals surface area contributed by atoms with Crippen molar-refractivity contribution >= 4 is 11.9 Å². The summed E-state index contributed by atoms with van der Waals surface area (Å²) in [7, 11) is 3.23. The molecule has 0 radical (unpaired) electrons. The minimum atomic E-state index is -0.250. The van der Waals surface area contributed by atoms with E-state index in [1.54, 1.807) is 20.2 Å². The molecule has 0 fully saturated rings. The minimum absolute atomic E-state index is 0.0880. The highest BCUT2D eigenvalue weighted by Gasteiger charge is 2.13. The Labute approximate surface area is 131 Å². The van der Waals surface area contributed by atoms with Crippen LogP contribution in [-0.2, 0) is 11.3 Å². The molecule has 0 aliphatic heterocycles. The normalized spacial score (nSPS) is 11.8. The Morgan fingerprint density at radius 1 is 1.32 bits per heavy atom. The Morgan fingerprint density at radius 3 is 2.64 bits per heavy atom. The Hall–Kier alpha value is -2.31. The fraction of sp³-hybridized carbons (Fsp3) is 0.533. The zero-order valence-corrected chi connectivity index (χ0v) is 13.9. The number of hydrogen-bond donors (Lipinski definition) is 3. The number of guanidine groups is 1. The van der Waals surface area contributed by atoms with Crippen LogP contribution in [-0.4, -0.2) is 43.1 Å². The lowest BCUT2D eigenvalue weighted by atomic mass is 10.1. The van der Waals surface area contributed by atoms with E-state index >= 15 is 0 Å². The van der Waals surface area contributed by atoms with Gasteiger partial charge in [-0.25, -0.2) is 4.98 Å².